The maximum atomic E-state index is 9.51. The number of rotatable bonds is 2. The molecule has 2 heteroatoms. The minimum atomic E-state index is -0.295. The zero-order chi connectivity index (χ0) is 8.27. The Morgan fingerprint density at radius 1 is 1.33 bits per heavy atom. The summed E-state index contributed by atoms with van der Waals surface area (Å²) in [5.74, 6) is 0. The molecule has 2 nitrogen and oxygen atoms in total. The minimum absolute atomic E-state index is 0. The lowest BCUT2D eigenvalue weighted by molar-refractivity contribution is 0.173. The van der Waals surface area contributed by atoms with Crippen LogP contribution in [0.2, 0.25) is 0 Å². The number of aryl methyl sites for hydroxylation is 1. The topological polar surface area (TPSA) is 51.7 Å². The quantitative estimate of drug-likeness (QED) is 0.716. The van der Waals surface area contributed by atoms with E-state index < -0.39 is 0 Å². The van der Waals surface area contributed by atoms with Crippen LogP contribution in [0, 0.1) is 6.92 Å². The summed E-state index contributed by atoms with van der Waals surface area (Å²) in [7, 11) is 0. The van der Waals surface area contributed by atoms with Crippen LogP contribution in [0.5, 0.6) is 0 Å². The molecular formula is C10H16O2. The third-order valence-corrected chi connectivity index (χ3v) is 1.93. The fourth-order valence-electron chi connectivity index (χ4n) is 1.18. The van der Waals surface area contributed by atoms with E-state index in [9.17, 15) is 5.11 Å². The summed E-state index contributed by atoms with van der Waals surface area (Å²) in [6, 6.07) is 7.94. The SMILES string of the molecule is CCC(O)c1ccccc1C.O. The molecule has 0 bridgehead atoms. The van der Waals surface area contributed by atoms with Crippen LogP contribution in [0.4, 0.5) is 0 Å². The van der Waals surface area contributed by atoms with Crippen LogP contribution in [0.15, 0.2) is 24.3 Å². The molecule has 1 aromatic rings. The lowest BCUT2D eigenvalue weighted by atomic mass is 10.0. The second-order valence-electron chi connectivity index (χ2n) is 2.78. The van der Waals surface area contributed by atoms with Crippen LogP contribution >= 0.6 is 0 Å². The molecule has 0 amide bonds. The number of hydrogen-bond acceptors (Lipinski definition) is 1. The van der Waals surface area contributed by atoms with Gasteiger partial charge in [-0.3, -0.25) is 0 Å². The molecule has 0 heterocycles. The molecule has 0 aromatic heterocycles. The molecule has 0 spiro atoms. The number of aliphatic hydroxyl groups excluding tert-OH is 1. The molecular weight excluding hydrogens is 152 g/mol. The van der Waals surface area contributed by atoms with Gasteiger partial charge in [-0.25, -0.2) is 0 Å². The van der Waals surface area contributed by atoms with Crippen LogP contribution in [0.3, 0.4) is 0 Å². The largest absolute Gasteiger partial charge is 0.412 e. The van der Waals surface area contributed by atoms with E-state index >= 15 is 0 Å². The predicted octanol–water partition coefficient (Wildman–Crippen LogP) is 1.61. The summed E-state index contributed by atoms with van der Waals surface area (Å²) in [4.78, 5) is 0. The van der Waals surface area contributed by atoms with E-state index in [4.69, 9.17) is 0 Å². The molecule has 1 rings (SSSR count). The fraction of sp³-hybridized carbons (Fsp3) is 0.400. The fourth-order valence-corrected chi connectivity index (χ4v) is 1.18. The van der Waals surface area contributed by atoms with Crippen molar-refractivity contribution in [2.45, 2.75) is 26.4 Å². The summed E-state index contributed by atoms with van der Waals surface area (Å²) >= 11 is 0. The molecule has 68 valence electrons. The average Bonchev–Trinajstić information content (AvgIpc) is 2.04. The van der Waals surface area contributed by atoms with E-state index in [2.05, 4.69) is 0 Å². The van der Waals surface area contributed by atoms with Gasteiger partial charge in [0.05, 0.1) is 6.10 Å². The van der Waals surface area contributed by atoms with Crippen molar-refractivity contribution in [3.63, 3.8) is 0 Å². The van der Waals surface area contributed by atoms with Gasteiger partial charge >= 0.3 is 0 Å². The van der Waals surface area contributed by atoms with Crippen LogP contribution in [0.25, 0.3) is 0 Å². The van der Waals surface area contributed by atoms with E-state index in [1.807, 2.05) is 38.1 Å². The third kappa shape index (κ3) is 2.32. The van der Waals surface area contributed by atoms with Crippen molar-refractivity contribution in [1.29, 1.82) is 0 Å². The van der Waals surface area contributed by atoms with Gasteiger partial charge in [-0.1, -0.05) is 31.2 Å². The Bertz CT molecular complexity index is 233. The van der Waals surface area contributed by atoms with Crippen LogP contribution in [0.1, 0.15) is 30.6 Å². The average molecular weight is 168 g/mol. The molecule has 1 atom stereocenters. The highest BCUT2D eigenvalue weighted by Crippen LogP contribution is 2.19. The van der Waals surface area contributed by atoms with Crippen molar-refractivity contribution in [2.75, 3.05) is 0 Å². The first-order valence-electron chi connectivity index (χ1n) is 3.99. The molecule has 0 aliphatic rings. The van der Waals surface area contributed by atoms with Crippen LogP contribution < -0.4 is 0 Å². The Morgan fingerprint density at radius 2 is 1.92 bits per heavy atom. The zero-order valence-corrected chi connectivity index (χ0v) is 7.54. The van der Waals surface area contributed by atoms with Gasteiger partial charge < -0.3 is 10.6 Å². The molecule has 0 saturated heterocycles. The van der Waals surface area contributed by atoms with Gasteiger partial charge in [0.15, 0.2) is 0 Å². The van der Waals surface area contributed by atoms with Crippen molar-refractivity contribution in [1.82, 2.24) is 0 Å². The van der Waals surface area contributed by atoms with Gasteiger partial charge in [-0.15, -0.1) is 0 Å². The van der Waals surface area contributed by atoms with Gasteiger partial charge in [-0.2, -0.15) is 0 Å². The van der Waals surface area contributed by atoms with Crippen molar-refractivity contribution in [3.05, 3.63) is 35.4 Å². The standard InChI is InChI=1S/C10H14O.H2O/c1-3-10(11)9-7-5-4-6-8(9)2;/h4-7,10-11H,3H2,1-2H3;1H2. The lowest BCUT2D eigenvalue weighted by Crippen LogP contribution is -1.97. The first kappa shape index (κ1) is 11.1. The Labute approximate surface area is 73.2 Å². The van der Waals surface area contributed by atoms with Crippen molar-refractivity contribution in [2.24, 2.45) is 0 Å². The summed E-state index contributed by atoms with van der Waals surface area (Å²) in [6.07, 6.45) is 0.487. The number of benzene rings is 1. The monoisotopic (exact) mass is 168 g/mol. The van der Waals surface area contributed by atoms with Gasteiger partial charge in [0.1, 0.15) is 0 Å². The van der Waals surface area contributed by atoms with Crippen molar-refractivity contribution < 1.29 is 10.6 Å². The summed E-state index contributed by atoms with van der Waals surface area (Å²) in [6.45, 7) is 4.01. The van der Waals surface area contributed by atoms with Gasteiger partial charge in [0, 0.05) is 0 Å². The van der Waals surface area contributed by atoms with Gasteiger partial charge in [0.25, 0.3) is 0 Å². The smallest absolute Gasteiger partial charge is 0.0790 e. The van der Waals surface area contributed by atoms with E-state index in [1.54, 1.807) is 0 Å². The number of aliphatic hydroxyl groups is 1. The van der Waals surface area contributed by atoms with E-state index in [-0.39, 0.29) is 11.6 Å². The second-order valence-corrected chi connectivity index (χ2v) is 2.78. The van der Waals surface area contributed by atoms with Crippen LogP contribution in [-0.4, -0.2) is 10.6 Å². The lowest BCUT2D eigenvalue weighted by Gasteiger charge is -2.10. The molecule has 1 aromatic carbocycles. The predicted molar refractivity (Wildman–Crippen MR) is 50.0 cm³/mol. The Hall–Kier alpha value is -0.860. The molecule has 12 heavy (non-hydrogen) atoms. The molecule has 0 fully saturated rings. The third-order valence-electron chi connectivity index (χ3n) is 1.93. The van der Waals surface area contributed by atoms with E-state index in [0.717, 1.165) is 12.0 Å². The van der Waals surface area contributed by atoms with Gasteiger partial charge in [-0.05, 0) is 24.5 Å². The highest BCUT2D eigenvalue weighted by molar-refractivity contribution is 5.27. The Morgan fingerprint density at radius 3 is 2.42 bits per heavy atom. The molecule has 3 N–H and O–H groups in total. The highest BCUT2D eigenvalue weighted by atomic mass is 16.3. The summed E-state index contributed by atoms with van der Waals surface area (Å²) < 4.78 is 0. The summed E-state index contributed by atoms with van der Waals surface area (Å²) in [5, 5.41) is 9.51. The number of hydrogen-bond donors (Lipinski definition) is 1. The Kier molecular flexibility index (Phi) is 4.55. The Balaban J connectivity index is 0.00000121. The maximum Gasteiger partial charge on any atom is 0.0790 e. The zero-order valence-electron chi connectivity index (χ0n) is 7.54. The molecule has 1 unspecified atom stereocenters. The highest BCUT2D eigenvalue weighted by Gasteiger charge is 2.05. The second kappa shape index (κ2) is 4.91. The molecule has 0 aliphatic carbocycles. The molecule has 0 radical (unpaired) electrons. The van der Waals surface area contributed by atoms with Crippen molar-refractivity contribution >= 4 is 0 Å². The normalized spacial score (nSPS) is 11.9. The van der Waals surface area contributed by atoms with E-state index in [1.165, 1.54) is 5.56 Å². The molecule has 0 saturated carbocycles. The maximum absolute atomic E-state index is 9.51. The van der Waals surface area contributed by atoms with E-state index in [0.29, 0.717) is 0 Å². The first-order chi connectivity index (χ1) is 5.25. The molecule has 0 aliphatic heterocycles. The van der Waals surface area contributed by atoms with Gasteiger partial charge in [0.2, 0.25) is 0 Å². The summed E-state index contributed by atoms with van der Waals surface area (Å²) in [5.41, 5.74) is 2.22. The van der Waals surface area contributed by atoms with Crippen molar-refractivity contribution in [3.8, 4) is 0 Å². The first-order valence-corrected chi connectivity index (χ1v) is 3.99. The van der Waals surface area contributed by atoms with Crippen LogP contribution in [-0.2, 0) is 0 Å². The minimum Gasteiger partial charge on any atom is -0.412 e.